The number of fused-ring (bicyclic) bond motifs is 1. The molecule has 0 aliphatic heterocycles. The summed E-state index contributed by atoms with van der Waals surface area (Å²) in [6.45, 7) is 4.86. The minimum Gasteiger partial charge on any atom is -0.469 e. The Kier molecular flexibility index (Phi) is 3.53. The first kappa shape index (κ1) is 13.3. The second-order valence-electron chi connectivity index (χ2n) is 5.01. The van der Waals surface area contributed by atoms with E-state index >= 15 is 0 Å². The largest absolute Gasteiger partial charge is 0.469 e. The molecule has 0 spiro atoms. The molecule has 0 saturated heterocycles. The summed E-state index contributed by atoms with van der Waals surface area (Å²) in [5.41, 5.74) is 3.35. The summed E-state index contributed by atoms with van der Waals surface area (Å²) in [7, 11) is 0. The van der Waals surface area contributed by atoms with Crippen LogP contribution in [0.25, 0.3) is 11.0 Å². The van der Waals surface area contributed by atoms with Crippen LogP contribution in [-0.4, -0.2) is 9.55 Å². The normalized spacial score (nSPS) is 12.9. The minimum absolute atomic E-state index is 0.113. The maximum Gasteiger partial charge on any atom is 0.127 e. The maximum absolute atomic E-state index is 6.29. The van der Waals surface area contributed by atoms with E-state index in [1.54, 1.807) is 6.26 Å². The minimum atomic E-state index is -0.113. The number of benzene rings is 1. The van der Waals surface area contributed by atoms with Crippen LogP contribution >= 0.6 is 11.6 Å². The van der Waals surface area contributed by atoms with Gasteiger partial charge in [-0.2, -0.15) is 0 Å². The average molecular weight is 289 g/mol. The van der Waals surface area contributed by atoms with E-state index in [9.17, 15) is 0 Å². The van der Waals surface area contributed by atoms with Crippen LogP contribution in [0.2, 0.25) is 0 Å². The Hall–Kier alpha value is -1.74. The highest BCUT2D eigenvalue weighted by molar-refractivity contribution is 6.20. The summed E-state index contributed by atoms with van der Waals surface area (Å²) in [6.07, 6.45) is 2.54. The van der Waals surface area contributed by atoms with Crippen molar-refractivity contribution >= 4 is 22.6 Å². The van der Waals surface area contributed by atoms with Gasteiger partial charge >= 0.3 is 0 Å². The lowest BCUT2D eigenvalue weighted by atomic mass is 10.2. The Morgan fingerprint density at radius 3 is 2.85 bits per heavy atom. The number of para-hydroxylation sites is 1. The lowest BCUT2D eigenvalue weighted by Crippen LogP contribution is -2.06. The van der Waals surface area contributed by atoms with Crippen molar-refractivity contribution in [3.05, 3.63) is 53.7 Å². The zero-order valence-electron chi connectivity index (χ0n) is 11.6. The molecular formula is C16H17ClN2O. The van der Waals surface area contributed by atoms with Crippen LogP contribution in [-0.2, 0) is 13.0 Å². The third-order valence-corrected chi connectivity index (χ3v) is 3.72. The molecule has 20 heavy (non-hydrogen) atoms. The maximum atomic E-state index is 6.29. The number of nitrogens with zero attached hydrogens (tertiary/aromatic N) is 2. The summed E-state index contributed by atoms with van der Waals surface area (Å²) in [4.78, 5) is 4.71. The third-order valence-electron chi connectivity index (χ3n) is 3.53. The van der Waals surface area contributed by atoms with Crippen molar-refractivity contribution in [1.82, 2.24) is 9.55 Å². The first-order valence-electron chi connectivity index (χ1n) is 6.79. The van der Waals surface area contributed by atoms with Gasteiger partial charge in [0, 0.05) is 13.0 Å². The van der Waals surface area contributed by atoms with Crippen molar-refractivity contribution in [2.45, 2.75) is 32.2 Å². The predicted molar refractivity (Wildman–Crippen MR) is 81.2 cm³/mol. The SMILES string of the molecule is Cc1cccc2c1nc(C(C)Cl)n2CCc1ccco1. The molecule has 4 heteroatoms. The van der Waals surface area contributed by atoms with Gasteiger partial charge in [-0.1, -0.05) is 12.1 Å². The number of alkyl halides is 1. The average Bonchev–Trinajstić information content (AvgIpc) is 3.03. The van der Waals surface area contributed by atoms with Crippen LogP contribution < -0.4 is 0 Å². The highest BCUT2D eigenvalue weighted by Gasteiger charge is 2.16. The van der Waals surface area contributed by atoms with E-state index in [2.05, 4.69) is 29.7 Å². The zero-order chi connectivity index (χ0) is 14.1. The molecule has 2 aromatic heterocycles. The second-order valence-corrected chi connectivity index (χ2v) is 5.66. The Morgan fingerprint density at radius 1 is 1.30 bits per heavy atom. The monoisotopic (exact) mass is 288 g/mol. The standard InChI is InChI=1S/C16H17ClN2O/c1-11-5-3-7-14-15(11)18-16(12(2)17)19(14)9-8-13-6-4-10-20-13/h3-7,10,12H,8-9H2,1-2H3. The van der Waals surface area contributed by atoms with Crippen LogP contribution in [0, 0.1) is 6.92 Å². The van der Waals surface area contributed by atoms with Gasteiger partial charge in [-0.15, -0.1) is 11.6 Å². The van der Waals surface area contributed by atoms with E-state index in [4.69, 9.17) is 21.0 Å². The molecule has 3 nitrogen and oxygen atoms in total. The number of hydrogen-bond acceptors (Lipinski definition) is 2. The van der Waals surface area contributed by atoms with Gasteiger partial charge in [0.05, 0.1) is 22.7 Å². The number of imidazole rings is 1. The molecule has 1 unspecified atom stereocenters. The van der Waals surface area contributed by atoms with Gasteiger partial charge in [0.15, 0.2) is 0 Å². The van der Waals surface area contributed by atoms with Crippen LogP contribution in [0.4, 0.5) is 0 Å². The van der Waals surface area contributed by atoms with Gasteiger partial charge in [-0.05, 0) is 37.6 Å². The van der Waals surface area contributed by atoms with E-state index in [-0.39, 0.29) is 5.38 Å². The molecule has 3 rings (SSSR count). The number of furan rings is 1. The summed E-state index contributed by atoms with van der Waals surface area (Å²) in [5.74, 6) is 1.90. The molecule has 0 aliphatic carbocycles. The predicted octanol–water partition coefficient (Wildman–Crippen LogP) is 4.48. The van der Waals surface area contributed by atoms with E-state index in [0.717, 1.165) is 35.6 Å². The smallest absolute Gasteiger partial charge is 0.127 e. The molecule has 104 valence electrons. The van der Waals surface area contributed by atoms with Gasteiger partial charge < -0.3 is 8.98 Å². The van der Waals surface area contributed by atoms with E-state index < -0.39 is 0 Å². The van der Waals surface area contributed by atoms with Crippen LogP contribution in [0.1, 0.15) is 29.4 Å². The van der Waals surface area contributed by atoms with Crippen LogP contribution in [0.3, 0.4) is 0 Å². The number of aromatic nitrogens is 2. The molecule has 3 aromatic rings. The molecule has 0 fully saturated rings. The van der Waals surface area contributed by atoms with Crippen molar-refractivity contribution < 1.29 is 4.42 Å². The first-order valence-corrected chi connectivity index (χ1v) is 7.22. The van der Waals surface area contributed by atoms with Gasteiger partial charge in [-0.25, -0.2) is 4.98 Å². The quantitative estimate of drug-likeness (QED) is 0.663. The number of halogens is 1. The number of hydrogen-bond donors (Lipinski definition) is 0. The fourth-order valence-electron chi connectivity index (χ4n) is 2.52. The molecular weight excluding hydrogens is 272 g/mol. The summed E-state index contributed by atoms with van der Waals surface area (Å²) < 4.78 is 7.60. The lowest BCUT2D eigenvalue weighted by molar-refractivity contribution is 0.490. The van der Waals surface area contributed by atoms with Gasteiger partial charge in [0.25, 0.3) is 0 Å². The lowest BCUT2D eigenvalue weighted by Gasteiger charge is -2.09. The Balaban J connectivity index is 2.02. The highest BCUT2D eigenvalue weighted by Crippen LogP contribution is 2.26. The van der Waals surface area contributed by atoms with E-state index in [0.29, 0.717) is 0 Å². The molecule has 0 amide bonds. The van der Waals surface area contributed by atoms with Crippen molar-refractivity contribution in [1.29, 1.82) is 0 Å². The zero-order valence-corrected chi connectivity index (χ0v) is 12.4. The number of aryl methyl sites for hydroxylation is 3. The van der Waals surface area contributed by atoms with Crippen LogP contribution in [0.15, 0.2) is 41.0 Å². The molecule has 1 atom stereocenters. The molecule has 0 aliphatic rings. The van der Waals surface area contributed by atoms with E-state index in [1.807, 2.05) is 19.1 Å². The number of rotatable bonds is 4. The molecule has 1 aromatic carbocycles. The van der Waals surface area contributed by atoms with E-state index in [1.165, 1.54) is 5.56 Å². The Morgan fingerprint density at radius 2 is 2.15 bits per heavy atom. The van der Waals surface area contributed by atoms with Crippen molar-refractivity contribution in [2.75, 3.05) is 0 Å². The summed E-state index contributed by atoms with van der Waals surface area (Å²) in [6, 6.07) is 10.1. The first-order chi connectivity index (χ1) is 9.66. The van der Waals surface area contributed by atoms with Gasteiger partial charge in [-0.3, -0.25) is 0 Å². The molecule has 0 bridgehead atoms. The van der Waals surface area contributed by atoms with Gasteiger partial charge in [0.2, 0.25) is 0 Å². The molecule has 2 heterocycles. The summed E-state index contributed by atoms with van der Waals surface area (Å²) >= 11 is 6.29. The fraction of sp³-hybridized carbons (Fsp3) is 0.312. The van der Waals surface area contributed by atoms with Gasteiger partial charge in [0.1, 0.15) is 11.6 Å². The van der Waals surface area contributed by atoms with Crippen molar-refractivity contribution in [3.8, 4) is 0 Å². The molecule has 0 N–H and O–H groups in total. The highest BCUT2D eigenvalue weighted by atomic mass is 35.5. The Bertz CT molecular complexity index is 713. The third kappa shape index (κ3) is 2.34. The van der Waals surface area contributed by atoms with Crippen molar-refractivity contribution in [2.24, 2.45) is 0 Å². The second kappa shape index (κ2) is 5.33. The summed E-state index contributed by atoms with van der Waals surface area (Å²) in [5, 5.41) is -0.113. The molecule has 0 radical (unpaired) electrons. The fourth-order valence-corrected chi connectivity index (χ4v) is 2.69. The van der Waals surface area contributed by atoms with Crippen LogP contribution in [0.5, 0.6) is 0 Å². The molecule has 0 saturated carbocycles. The topological polar surface area (TPSA) is 31.0 Å². The Labute approximate surface area is 123 Å². The van der Waals surface area contributed by atoms with Crippen molar-refractivity contribution in [3.63, 3.8) is 0 Å².